The highest BCUT2D eigenvalue weighted by atomic mass is 35.5. The molecule has 6 heteroatoms. The number of anilines is 1. The van der Waals surface area contributed by atoms with Gasteiger partial charge in [-0.3, -0.25) is 4.79 Å². The van der Waals surface area contributed by atoms with Crippen LogP contribution in [0.15, 0.2) is 46.9 Å². The van der Waals surface area contributed by atoms with E-state index in [0.29, 0.717) is 21.2 Å². The number of rotatable bonds is 3. The van der Waals surface area contributed by atoms with Gasteiger partial charge < -0.3 is 14.6 Å². The van der Waals surface area contributed by atoms with E-state index in [1.165, 1.54) is 0 Å². The molecule has 128 valence electrons. The van der Waals surface area contributed by atoms with E-state index in [1.54, 1.807) is 18.2 Å². The Morgan fingerprint density at radius 1 is 1.04 bits per heavy atom. The van der Waals surface area contributed by atoms with E-state index < -0.39 is 0 Å². The first kappa shape index (κ1) is 16.5. The summed E-state index contributed by atoms with van der Waals surface area (Å²) in [7, 11) is 0. The number of ketones is 1. The minimum Gasteiger partial charge on any atom is -0.451 e. The highest BCUT2D eigenvalue weighted by Gasteiger charge is 2.17. The molecule has 1 fully saturated rings. The number of fused-ring (bicyclic) bond motifs is 1. The molecule has 0 bridgehead atoms. The Balaban J connectivity index is 1.61. The standard InChI is InChI=1S/C19H16Cl2N2O2/c20-14-9-13-10-17(25-19(13)16(21)11-14)18(24)12-1-3-15(4-2-12)23-7-5-22-6-8-23/h1-4,9-11,22H,5-8H2. The molecule has 1 aliphatic rings. The number of halogens is 2. The molecule has 0 saturated carbocycles. The van der Waals surface area contributed by atoms with Gasteiger partial charge in [0.1, 0.15) is 0 Å². The number of nitrogens with zero attached hydrogens (tertiary/aromatic N) is 1. The number of carbonyl (C=O) groups excluding carboxylic acids is 1. The van der Waals surface area contributed by atoms with Crippen molar-refractivity contribution in [2.24, 2.45) is 0 Å². The summed E-state index contributed by atoms with van der Waals surface area (Å²) in [4.78, 5) is 15.0. The monoisotopic (exact) mass is 374 g/mol. The molecule has 3 aromatic rings. The molecule has 25 heavy (non-hydrogen) atoms. The predicted octanol–water partition coefficient (Wildman–Crippen LogP) is 4.38. The number of piperazine rings is 1. The van der Waals surface area contributed by atoms with Crippen molar-refractivity contribution < 1.29 is 9.21 Å². The largest absolute Gasteiger partial charge is 0.451 e. The van der Waals surface area contributed by atoms with Crippen molar-refractivity contribution in [3.05, 3.63) is 63.8 Å². The second-order valence-electron chi connectivity index (χ2n) is 6.03. The van der Waals surface area contributed by atoms with E-state index in [9.17, 15) is 4.79 Å². The van der Waals surface area contributed by atoms with E-state index in [-0.39, 0.29) is 11.5 Å². The molecular formula is C19H16Cl2N2O2. The Kier molecular flexibility index (Phi) is 4.42. The molecule has 4 nitrogen and oxygen atoms in total. The number of hydrogen-bond donors (Lipinski definition) is 1. The SMILES string of the molecule is O=C(c1ccc(N2CCNCC2)cc1)c1cc2cc(Cl)cc(Cl)c2o1. The van der Waals surface area contributed by atoms with Crippen LogP contribution in [-0.4, -0.2) is 32.0 Å². The minimum absolute atomic E-state index is 0.171. The Morgan fingerprint density at radius 2 is 1.76 bits per heavy atom. The van der Waals surface area contributed by atoms with Crippen LogP contribution in [0, 0.1) is 0 Å². The zero-order valence-corrected chi connectivity index (χ0v) is 14.9. The van der Waals surface area contributed by atoms with Crippen LogP contribution in [-0.2, 0) is 0 Å². The van der Waals surface area contributed by atoms with Crippen LogP contribution in [0.2, 0.25) is 10.0 Å². The normalized spacial score (nSPS) is 14.9. The van der Waals surface area contributed by atoms with Crippen LogP contribution in [0.5, 0.6) is 0 Å². The van der Waals surface area contributed by atoms with Crippen molar-refractivity contribution in [1.82, 2.24) is 5.32 Å². The maximum absolute atomic E-state index is 12.7. The van der Waals surface area contributed by atoms with E-state index in [1.807, 2.05) is 24.3 Å². The lowest BCUT2D eigenvalue weighted by Crippen LogP contribution is -2.43. The van der Waals surface area contributed by atoms with Gasteiger partial charge >= 0.3 is 0 Å². The first-order chi connectivity index (χ1) is 12.1. The topological polar surface area (TPSA) is 45.5 Å². The minimum atomic E-state index is -0.171. The summed E-state index contributed by atoms with van der Waals surface area (Å²) in [5.41, 5.74) is 2.18. The van der Waals surface area contributed by atoms with E-state index in [2.05, 4.69) is 10.2 Å². The molecule has 4 rings (SSSR count). The van der Waals surface area contributed by atoms with Gasteiger partial charge in [0, 0.05) is 47.8 Å². The van der Waals surface area contributed by atoms with Crippen molar-refractivity contribution >= 4 is 45.6 Å². The van der Waals surface area contributed by atoms with Crippen LogP contribution >= 0.6 is 23.2 Å². The summed E-state index contributed by atoms with van der Waals surface area (Å²) < 4.78 is 5.66. The van der Waals surface area contributed by atoms with E-state index >= 15 is 0 Å². The Hall–Kier alpha value is -2.01. The third-order valence-corrected chi connectivity index (χ3v) is 4.87. The molecule has 0 radical (unpaired) electrons. The summed E-state index contributed by atoms with van der Waals surface area (Å²) in [5, 5.41) is 4.96. The smallest absolute Gasteiger partial charge is 0.228 e. The van der Waals surface area contributed by atoms with E-state index in [0.717, 1.165) is 37.3 Å². The average Bonchev–Trinajstić information content (AvgIpc) is 3.06. The maximum Gasteiger partial charge on any atom is 0.228 e. The van der Waals surface area contributed by atoms with Crippen molar-refractivity contribution in [1.29, 1.82) is 0 Å². The van der Waals surface area contributed by atoms with Gasteiger partial charge in [0.15, 0.2) is 11.3 Å². The van der Waals surface area contributed by atoms with Crippen LogP contribution < -0.4 is 10.2 Å². The summed E-state index contributed by atoms with van der Waals surface area (Å²) in [6.45, 7) is 3.89. The number of furan rings is 1. The van der Waals surface area contributed by atoms with Crippen molar-refractivity contribution in [2.75, 3.05) is 31.1 Å². The Bertz CT molecular complexity index is 928. The summed E-state index contributed by atoms with van der Waals surface area (Å²) >= 11 is 12.1. The second kappa shape index (κ2) is 6.71. The molecule has 1 saturated heterocycles. The van der Waals surface area contributed by atoms with E-state index in [4.69, 9.17) is 27.6 Å². The maximum atomic E-state index is 12.7. The molecule has 1 aliphatic heterocycles. The lowest BCUT2D eigenvalue weighted by Gasteiger charge is -2.29. The predicted molar refractivity (Wildman–Crippen MR) is 101 cm³/mol. The molecule has 0 aliphatic carbocycles. The van der Waals surface area contributed by atoms with Gasteiger partial charge in [-0.15, -0.1) is 0 Å². The van der Waals surface area contributed by atoms with Crippen LogP contribution in [0.3, 0.4) is 0 Å². The molecular weight excluding hydrogens is 359 g/mol. The summed E-state index contributed by atoms with van der Waals surface area (Å²) in [6, 6.07) is 12.6. The van der Waals surface area contributed by atoms with Crippen molar-refractivity contribution in [2.45, 2.75) is 0 Å². The Morgan fingerprint density at radius 3 is 2.48 bits per heavy atom. The first-order valence-corrected chi connectivity index (χ1v) is 8.86. The zero-order valence-electron chi connectivity index (χ0n) is 13.4. The Labute approximate surface area is 155 Å². The molecule has 1 aromatic heterocycles. The number of nitrogens with one attached hydrogen (secondary N) is 1. The fourth-order valence-corrected chi connectivity index (χ4v) is 3.62. The van der Waals surface area contributed by atoms with Gasteiger partial charge in [0.2, 0.25) is 5.78 Å². The highest BCUT2D eigenvalue weighted by Crippen LogP contribution is 2.31. The van der Waals surface area contributed by atoms with Gasteiger partial charge in [-0.05, 0) is 42.5 Å². The third-order valence-electron chi connectivity index (χ3n) is 4.37. The van der Waals surface area contributed by atoms with Gasteiger partial charge in [0.25, 0.3) is 0 Å². The first-order valence-electron chi connectivity index (χ1n) is 8.11. The molecule has 2 aromatic carbocycles. The lowest BCUT2D eigenvalue weighted by atomic mass is 10.1. The van der Waals surface area contributed by atoms with Gasteiger partial charge in [-0.25, -0.2) is 0 Å². The van der Waals surface area contributed by atoms with Crippen LogP contribution in [0.4, 0.5) is 5.69 Å². The molecule has 1 N–H and O–H groups in total. The highest BCUT2D eigenvalue weighted by molar-refractivity contribution is 6.38. The van der Waals surface area contributed by atoms with Gasteiger partial charge in [0.05, 0.1) is 5.02 Å². The van der Waals surface area contributed by atoms with Crippen molar-refractivity contribution in [3.63, 3.8) is 0 Å². The molecule has 0 amide bonds. The number of carbonyl (C=O) groups is 1. The summed E-state index contributed by atoms with van der Waals surface area (Å²) in [5.74, 6) is 0.0874. The number of benzene rings is 2. The van der Waals surface area contributed by atoms with Gasteiger partial charge in [-0.2, -0.15) is 0 Å². The molecule has 0 atom stereocenters. The quantitative estimate of drug-likeness (QED) is 0.690. The molecule has 0 unspecified atom stereocenters. The number of hydrogen-bond acceptors (Lipinski definition) is 4. The van der Waals surface area contributed by atoms with Crippen LogP contribution in [0.1, 0.15) is 16.1 Å². The zero-order chi connectivity index (χ0) is 17.4. The fourth-order valence-electron chi connectivity index (χ4n) is 3.08. The second-order valence-corrected chi connectivity index (χ2v) is 6.87. The van der Waals surface area contributed by atoms with Crippen LogP contribution in [0.25, 0.3) is 11.0 Å². The molecule has 0 spiro atoms. The van der Waals surface area contributed by atoms with Gasteiger partial charge in [-0.1, -0.05) is 23.2 Å². The summed E-state index contributed by atoms with van der Waals surface area (Å²) in [6.07, 6.45) is 0. The third kappa shape index (κ3) is 3.25. The average molecular weight is 375 g/mol. The fraction of sp³-hybridized carbons (Fsp3) is 0.211. The molecule has 2 heterocycles. The lowest BCUT2D eigenvalue weighted by molar-refractivity contribution is 0.101. The van der Waals surface area contributed by atoms with Crippen molar-refractivity contribution in [3.8, 4) is 0 Å².